The topological polar surface area (TPSA) is 137 Å². The van der Waals surface area contributed by atoms with Gasteiger partial charge in [-0.1, -0.05) is 0 Å². The van der Waals surface area contributed by atoms with E-state index in [0.717, 1.165) is 10.7 Å². The number of carbonyl (C=O) groups is 2. The zero-order valence-electron chi connectivity index (χ0n) is 16.4. The number of nitrogens with one attached hydrogen (secondary N) is 2. The number of nitrogens with zero attached hydrogens (tertiary/aromatic N) is 5. The van der Waals surface area contributed by atoms with Crippen LogP contribution in [0.15, 0.2) is 6.07 Å². The Labute approximate surface area is 168 Å². The number of aryl methyl sites for hydroxylation is 4. The van der Waals surface area contributed by atoms with Crippen molar-refractivity contribution in [3.05, 3.63) is 39.0 Å². The number of halogens is 3. The third kappa shape index (κ3) is 5.55. The number of aromatic nitrogens is 4. The predicted octanol–water partition coefficient (Wildman–Crippen LogP) is 1.56. The van der Waals surface area contributed by atoms with Gasteiger partial charge in [0.1, 0.15) is 11.4 Å². The highest BCUT2D eigenvalue weighted by Gasteiger charge is 2.34. The second-order valence-corrected chi connectivity index (χ2v) is 6.49. The van der Waals surface area contributed by atoms with Crippen LogP contribution in [0.25, 0.3) is 0 Å². The van der Waals surface area contributed by atoms with Crippen LogP contribution in [-0.2, 0) is 28.9 Å². The zero-order valence-corrected chi connectivity index (χ0v) is 16.4. The highest BCUT2D eigenvalue weighted by atomic mass is 19.4. The SMILES string of the molecule is Cc1nn(CCC(=O)NNC(=O)CCn2nc(C(F)(F)F)cc2C)c(C)c1[N+](=O)[O-]. The normalized spacial score (nSPS) is 11.4. The first-order chi connectivity index (χ1) is 13.9. The first-order valence-electron chi connectivity index (χ1n) is 8.78. The summed E-state index contributed by atoms with van der Waals surface area (Å²) in [6, 6.07) is 0.878. The van der Waals surface area contributed by atoms with Crippen LogP contribution in [0, 0.1) is 30.9 Å². The second kappa shape index (κ2) is 8.92. The number of alkyl halides is 3. The molecular weight excluding hydrogens is 411 g/mol. The Morgan fingerprint density at radius 1 is 1.07 bits per heavy atom. The largest absolute Gasteiger partial charge is 0.435 e. The van der Waals surface area contributed by atoms with Crippen molar-refractivity contribution in [2.24, 2.45) is 0 Å². The van der Waals surface area contributed by atoms with E-state index in [0.29, 0.717) is 5.69 Å². The van der Waals surface area contributed by atoms with Gasteiger partial charge in [0.15, 0.2) is 5.69 Å². The predicted molar refractivity (Wildman–Crippen MR) is 95.8 cm³/mol. The molecule has 0 spiro atoms. The van der Waals surface area contributed by atoms with E-state index in [1.807, 2.05) is 0 Å². The van der Waals surface area contributed by atoms with Gasteiger partial charge in [0.2, 0.25) is 11.8 Å². The van der Waals surface area contributed by atoms with E-state index in [2.05, 4.69) is 21.0 Å². The van der Waals surface area contributed by atoms with Gasteiger partial charge in [0, 0.05) is 18.5 Å². The molecule has 0 saturated carbocycles. The van der Waals surface area contributed by atoms with E-state index in [-0.39, 0.29) is 43.0 Å². The van der Waals surface area contributed by atoms with E-state index in [1.165, 1.54) is 25.5 Å². The monoisotopic (exact) mass is 431 g/mol. The molecule has 2 heterocycles. The maximum atomic E-state index is 12.6. The average Bonchev–Trinajstić information content (AvgIpc) is 3.15. The minimum Gasteiger partial charge on any atom is -0.273 e. The van der Waals surface area contributed by atoms with E-state index in [1.54, 1.807) is 0 Å². The summed E-state index contributed by atoms with van der Waals surface area (Å²) in [6.07, 6.45) is -4.88. The van der Waals surface area contributed by atoms with Gasteiger partial charge in [-0.3, -0.25) is 39.9 Å². The zero-order chi connectivity index (χ0) is 22.6. The Morgan fingerprint density at radius 2 is 1.60 bits per heavy atom. The minimum absolute atomic E-state index is 0.0644. The third-order valence-corrected chi connectivity index (χ3v) is 4.24. The summed E-state index contributed by atoms with van der Waals surface area (Å²) < 4.78 is 40.3. The summed E-state index contributed by atoms with van der Waals surface area (Å²) in [5.41, 5.74) is 3.95. The van der Waals surface area contributed by atoms with Gasteiger partial charge in [-0.25, -0.2) is 0 Å². The lowest BCUT2D eigenvalue weighted by Crippen LogP contribution is -2.42. The van der Waals surface area contributed by atoms with Gasteiger partial charge >= 0.3 is 11.9 Å². The van der Waals surface area contributed by atoms with Crippen LogP contribution in [0.5, 0.6) is 0 Å². The molecule has 0 saturated heterocycles. The summed E-state index contributed by atoms with van der Waals surface area (Å²) in [7, 11) is 0. The molecule has 11 nitrogen and oxygen atoms in total. The molecule has 0 radical (unpaired) electrons. The lowest BCUT2D eigenvalue weighted by Gasteiger charge is -2.09. The maximum absolute atomic E-state index is 12.6. The molecule has 2 aromatic heterocycles. The van der Waals surface area contributed by atoms with Crippen molar-refractivity contribution in [1.82, 2.24) is 30.4 Å². The molecule has 2 aromatic rings. The lowest BCUT2D eigenvalue weighted by atomic mass is 10.3. The number of rotatable bonds is 7. The summed E-state index contributed by atoms with van der Waals surface area (Å²) in [6.45, 7) is 4.40. The van der Waals surface area contributed by atoms with Crippen molar-refractivity contribution in [2.75, 3.05) is 0 Å². The molecule has 0 aliphatic carbocycles. The maximum Gasteiger partial charge on any atom is 0.435 e. The first-order valence-corrected chi connectivity index (χ1v) is 8.78. The van der Waals surface area contributed by atoms with Crippen molar-refractivity contribution in [3.8, 4) is 0 Å². The number of hydrazine groups is 1. The Kier molecular flexibility index (Phi) is 6.79. The summed E-state index contributed by atoms with van der Waals surface area (Å²) >= 11 is 0. The fourth-order valence-electron chi connectivity index (χ4n) is 2.72. The number of hydrogen-bond donors (Lipinski definition) is 2. The summed E-state index contributed by atoms with van der Waals surface area (Å²) in [5, 5.41) is 18.4. The van der Waals surface area contributed by atoms with Gasteiger partial charge in [-0.2, -0.15) is 23.4 Å². The van der Waals surface area contributed by atoms with E-state index in [4.69, 9.17) is 0 Å². The van der Waals surface area contributed by atoms with Crippen molar-refractivity contribution >= 4 is 17.5 Å². The van der Waals surface area contributed by atoms with Crippen LogP contribution in [-0.4, -0.2) is 36.3 Å². The highest BCUT2D eigenvalue weighted by molar-refractivity contribution is 5.81. The molecule has 2 rings (SSSR count). The lowest BCUT2D eigenvalue weighted by molar-refractivity contribution is -0.386. The molecule has 0 atom stereocenters. The molecule has 14 heteroatoms. The molecule has 0 aliphatic rings. The highest BCUT2D eigenvalue weighted by Crippen LogP contribution is 2.28. The molecule has 0 fully saturated rings. The molecule has 0 bridgehead atoms. The van der Waals surface area contributed by atoms with Crippen LogP contribution in [0.2, 0.25) is 0 Å². The molecular formula is C16H20F3N7O4. The summed E-state index contributed by atoms with van der Waals surface area (Å²) in [5.74, 6) is -1.18. The quantitative estimate of drug-likeness (QED) is 0.504. The Hall–Kier alpha value is -3.45. The van der Waals surface area contributed by atoms with Gasteiger partial charge < -0.3 is 0 Å². The number of carbonyl (C=O) groups excluding carboxylic acids is 2. The third-order valence-electron chi connectivity index (χ3n) is 4.24. The molecule has 0 aliphatic heterocycles. The van der Waals surface area contributed by atoms with Crippen LogP contribution in [0.3, 0.4) is 0 Å². The molecule has 0 unspecified atom stereocenters. The number of hydrogen-bond acceptors (Lipinski definition) is 6. The molecule has 30 heavy (non-hydrogen) atoms. The number of amides is 2. The standard InChI is InChI=1S/C16H20F3N7O4/c1-9-8-12(16(17,18)19)23-24(9)6-4-13(27)20-21-14(28)5-7-25-11(3)15(26(29)30)10(2)22-25/h8H,4-7H2,1-3H3,(H,20,27)(H,21,28). The van der Waals surface area contributed by atoms with Crippen molar-refractivity contribution < 1.29 is 27.7 Å². The number of nitro groups is 1. The van der Waals surface area contributed by atoms with Crippen LogP contribution < -0.4 is 10.9 Å². The van der Waals surface area contributed by atoms with E-state index in [9.17, 15) is 32.9 Å². The minimum atomic E-state index is -4.57. The molecule has 0 aromatic carbocycles. The summed E-state index contributed by atoms with van der Waals surface area (Å²) in [4.78, 5) is 34.1. The second-order valence-electron chi connectivity index (χ2n) is 6.49. The van der Waals surface area contributed by atoms with Crippen LogP contribution in [0.4, 0.5) is 18.9 Å². The molecule has 2 N–H and O–H groups in total. The van der Waals surface area contributed by atoms with Crippen LogP contribution >= 0.6 is 0 Å². The average molecular weight is 431 g/mol. The Balaban J connectivity index is 1.79. The van der Waals surface area contributed by atoms with Crippen molar-refractivity contribution in [2.45, 2.75) is 52.9 Å². The molecule has 2 amide bonds. The van der Waals surface area contributed by atoms with E-state index >= 15 is 0 Å². The fourth-order valence-corrected chi connectivity index (χ4v) is 2.72. The smallest absolute Gasteiger partial charge is 0.273 e. The van der Waals surface area contributed by atoms with Gasteiger partial charge in [-0.15, -0.1) is 0 Å². The van der Waals surface area contributed by atoms with E-state index < -0.39 is 28.6 Å². The fraction of sp³-hybridized carbons (Fsp3) is 0.500. The van der Waals surface area contributed by atoms with Crippen molar-refractivity contribution in [1.29, 1.82) is 0 Å². The first kappa shape index (κ1) is 22.8. The van der Waals surface area contributed by atoms with Crippen molar-refractivity contribution in [3.63, 3.8) is 0 Å². The molecule has 164 valence electrons. The van der Waals surface area contributed by atoms with Gasteiger partial charge in [-0.05, 0) is 26.8 Å². The van der Waals surface area contributed by atoms with Crippen LogP contribution in [0.1, 0.15) is 35.6 Å². The Bertz CT molecular complexity index is 965. The Morgan fingerprint density at radius 3 is 2.03 bits per heavy atom. The van der Waals surface area contributed by atoms with Gasteiger partial charge in [0.25, 0.3) is 0 Å². The van der Waals surface area contributed by atoms with Gasteiger partial charge in [0.05, 0.1) is 18.0 Å².